The molecule has 0 amide bonds. The van der Waals surface area contributed by atoms with Gasteiger partial charge in [0.05, 0.1) is 19.3 Å². The van der Waals surface area contributed by atoms with Gasteiger partial charge in [0.15, 0.2) is 5.96 Å². The van der Waals surface area contributed by atoms with Crippen LogP contribution in [0.2, 0.25) is 0 Å². The van der Waals surface area contributed by atoms with Crippen molar-refractivity contribution in [3.63, 3.8) is 0 Å². The van der Waals surface area contributed by atoms with Crippen LogP contribution in [0.25, 0.3) is 10.6 Å². The Morgan fingerprint density at radius 3 is 2.70 bits per heavy atom. The Balaban J connectivity index is 0.00000261. The van der Waals surface area contributed by atoms with Crippen molar-refractivity contribution in [1.82, 2.24) is 15.3 Å². The molecule has 2 heterocycles. The molecule has 2 aromatic heterocycles. The number of ether oxygens (including phenoxy) is 1. The fourth-order valence-corrected chi connectivity index (χ4v) is 3.15. The predicted octanol–water partition coefficient (Wildman–Crippen LogP) is 3.48. The summed E-state index contributed by atoms with van der Waals surface area (Å²) in [5.41, 5.74) is 8.90. The van der Waals surface area contributed by atoms with Gasteiger partial charge in [-0.05, 0) is 36.4 Å². The molecule has 0 unspecified atom stereocenters. The zero-order chi connectivity index (χ0) is 18.2. The predicted molar refractivity (Wildman–Crippen MR) is 121 cm³/mol. The van der Waals surface area contributed by atoms with Gasteiger partial charge in [-0.1, -0.05) is 6.07 Å². The van der Waals surface area contributed by atoms with Gasteiger partial charge >= 0.3 is 0 Å². The topological polar surface area (TPSA) is 85.4 Å². The van der Waals surface area contributed by atoms with Crippen LogP contribution in [0.1, 0.15) is 11.4 Å². The fourth-order valence-electron chi connectivity index (χ4n) is 2.33. The number of thiazole rings is 1. The van der Waals surface area contributed by atoms with Crippen molar-refractivity contribution in [2.45, 2.75) is 13.0 Å². The standard InChI is InChI=1S/C19H21N5OS.HI/c1-25-17-7-5-14(6-8-17)18-24-16(13-26-18)12-23-19(20)22-11-9-15-4-2-3-10-21-15;/h2-8,10,13H,9,11-12H2,1H3,(H3,20,22,23);1H. The molecule has 142 valence electrons. The molecule has 3 rings (SSSR count). The van der Waals surface area contributed by atoms with Crippen molar-refractivity contribution in [2.24, 2.45) is 10.7 Å². The second-order valence-corrected chi connectivity index (χ2v) is 6.43. The Morgan fingerprint density at radius 2 is 2.00 bits per heavy atom. The van der Waals surface area contributed by atoms with E-state index in [0.717, 1.165) is 34.1 Å². The molecular formula is C19H22IN5OS. The highest BCUT2D eigenvalue weighted by atomic mass is 127. The van der Waals surface area contributed by atoms with E-state index in [-0.39, 0.29) is 24.0 Å². The first kappa shape index (κ1) is 21.1. The van der Waals surface area contributed by atoms with E-state index in [4.69, 9.17) is 10.5 Å². The van der Waals surface area contributed by atoms with Gasteiger partial charge in [0, 0.05) is 35.8 Å². The molecule has 1 aromatic carbocycles. The van der Waals surface area contributed by atoms with Crippen LogP contribution >= 0.6 is 35.3 Å². The minimum atomic E-state index is 0. The summed E-state index contributed by atoms with van der Waals surface area (Å²) in [6, 6.07) is 13.7. The molecule has 0 fully saturated rings. The molecule has 8 heteroatoms. The summed E-state index contributed by atoms with van der Waals surface area (Å²) in [6.07, 6.45) is 2.59. The Labute approximate surface area is 179 Å². The van der Waals surface area contributed by atoms with E-state index < -0.39 is 0 Å². The molecular weight excluding hydrogens is 473 g/mol. The normalized spacial score (nSPS) is 10.9. The van der Waals surface area contributed by atoms with Gasteiger partial charge in [0.2, 0.25) is 0 Å². The van der Waals surface area contributed by atoms with E-state index in [9.17, 15) is 0 Å². The third-order valence-corrected chi connectivity index (χ3v) is 4.65. The van der Waals surface area contributed by atoms with Crippen LogP contribution in [0.5, 0.6) is 5.75 Å². The number of aliphatic imine (C=N–C) groups is 1. The lowest BCUT2D eigenvalue weighted by molar-refractivity contribution is 0.415. The molecule has 0 saturated heterocycles. The number of rotatable bonds is 7. The number of nitrogens with zero attached hydrogens (tertiary/aromatic N) is 3. The van der Waals surface area contributed by atoms with Crippen LogP contribution in [0, 0.1) is 0 Å². The number of guanidine groups is 1. The van der Waals surface area contributed by atoms with Gasteiger partial charge in [-0.15, -0.1) is 35.3 Å². The lowest BCUT2D eigenvalue weighted by atomic mass is 10.2. The van der Waals surface area contributed by atoms with E-state index >= 15 is 0 Å². The van der Waals surface area contributed by atoms with Gasteiger partial charge in [0.1, 0.15) is 10.8 Å². The largest absolute Gasteiger partial charge is 0.497 e. The van der Waals surface area contributed by atoms with Crippen molar-refractivity contribution < 1.29 is 4.74 Å². The Kier molecular flexibility index (Phi) is 8.46. The first-order valence-corrected chi connectivity index (χ1v) is 9.15. The van der Waals surface area contributed by atoms with Crippen LogP contribution < -0.4 is 15.8 Å². The first-order valence-electron chi connectivity index (χ1n) is 8.27. The third-order valence-electron chi connectivity index (χ3n) is 3.71. The first-order chi connectivity index (χ1) is 12.7. The molecule has 0 aliphatic carbocycles. The maximum Gasteiger partial charge on any atom is 0.188 e. The van der Waals surface area contributed by atoms with Crippen LogP contribution in [-0.2, 0) is 13.0 Å². The van der Waals surface area contributed by atoms with Gasteiger partial charge in [-0.25, -0.2) is 9.98 Å². The molecule has 3 aromatic rings. The monoisotopic (exact) mass is 495 g/mol. The van der Waals surface area contributed by atoms with Gasteiger partial charge in [-0.3, -0.25) is 4.98 Å². The molecule has 3 N–H and O–H groups in total. The van der Waals surface area contributed by atoms with E-state index in [1.165, 1.54) is 0 Å². The van der Waals surface area contributed by atoms with Crippen molar-refractivity contribution in [2.75, 3.05) is 13.7 Å². The lowest BCUT2D eigenvalue weighted by Gasteiger charge is -2.04. The van der Waals surface area contributed by atoms with E-state index in [1.807, 2.05) is 47.8 Å². The summed E-state index contributed by atoms with van der Waals surface area (Å²) in [5.74, 6) is 1.25. The van der Waals surface area contributed by atoms with Crippen LogP contribution in [0.3, 0.4) is 0 Å². The number of halogens is 1. The van der Waals surface area contributed by atoms with E-state index in [1.54, 1.807) is 24.6 Å². The quantitative estimate of drug-likeness (QED) is 0.298. The number of methoxy groups -OCH3 is 1. The molecule has 0 radical (unpaired) electrons. The van der Waals surface area contributed by atoms with Crippen molar-refractivity contribution in [1.29, 1.82) is 0 Å². The molecule has 0 aliphatic rings. The van der Waals surface area contributed by atoms with E-state index in [0.29, 0.717) is 19.0 Å². The fraction of sp³-hybridized carbons (Fsp3) is 0.211. The maximum absolute atomic E-state index is 5.92. The molecule has 0 aliphatic heterocycles. The molecule has 27 heavy (non-hydrogen) atoms. The molecule has 0 atom stereocenters. The average molecular weight is 495 g/mol. The van der Waals surface area contributed by atoms with Gasteiger partial charge in [0.25, 0.3) is 0 Å². The maximum atomic E-state index is 5.92. The van der Waals surface area contributed by atoms with E-state index in [2.05, 4.69) is 20.3 Å². The van der Waals surface area contributed by atoms with Crippen molar-refractivity contribution in [3.8, 4) is 16.3 Å². The number of nitrogens with two attached hydrogens (primary N) is 1. The van der Waals surface area contributed by atoms with Crippen LogP contribution in [0.4, 0.5) is 0 Å². The molecule has 6 nitrogen and oxygen atoms in total. The SMILES string of the molecule is COc1ccc(-c2nc(CN=C(N)NCCc3ccccn3)cs2)cc1.I. The lowest BCUT2D eigenvalue weighted by Crippen LogP contribution is -2.33. The third kappa shape index (κ3) is 6.47. The van der Waals surface area contributed by atoms with Crippen molar-refractivity contribution >= 4 is 41.3 Å². The number of hydrogen-bond donors (Lipinski definition) is 2. The number of nitrogens with one attached hydrogen (secondary N) is 1. The Bertz CT molecular complexity index is 852. The zero-order valence-electron chi connectivity index (χ0n) is 15.0. The van der Waals surface area contributed by atoms with Gasteiger partial charge in [-0.2, -0.15) is 0 Å². The van der Waals surface area contributed by atoms with Gasteiger partial charge < -0.3 is 15.8 Å². The molecule has 0 bridgehead atoms. The van der Waals surface area contributed by atoms with Crippen molar-refractivity contribution in [3.05, 3.63) is 65.4 Å². The van der Waals surface area contributed by atoms with Crippen LogP contribution in [0.15, 0.2) is 59.0 Å². The van der Waals surface area contributed by atoms with Crippen LogP contribution in [-0.4, -0.2) is 29.6 Å². The number of benzene rings is 1. The summed E-state index contributed by atoms with van der Waals surface area (Å²) in [7, 11) is 1.66. The number of hydrogen-bond acceptors (Lipinski definition) is 5. The summed E-state index contributed by atoms with van der Waals surface area (Å²) >= 11 is 1.59. The highest BCUT2D eigenvalue weighted by Crippen LogP contribution is 2.25. The highest BCUT2D eigenvalue weighted by Gasteiger charge is 2.05. The second-order valence-electron chi connectivity index (χ2n) is 5.57. The Morgan fingerprint density at radius 1 is 1.19 bits per heavy atom. The summed E-state index contributed by atoms with van der Waals surface area (Å²) in [6.45, 7) is 1.15. The molecule has 0 spiro atoms. The minimum Gasteiger partial charge on any atom is -0.497 e. The molecule has 0 saturated carbocycles. The number of aromatic nitrogens is 2. The minimum absolute atomic E-state index is 0. The second kappa shape index (κ2) is 10.8. The number of pyridine rings is 1. The Hall–Kier alpha value is -2.20. The summed E-state index contributed by atoms with van der Waals surface area (Å²) < 4.78 is 5.18. The zero-order valence-corrected chi connectivity index (χ0v) is 18.1. The smallest absolute Gasteiger partial charge is 0.188 e. The summed E-state index contributed by atoms with van der Waals surface area (Å²) in [4.78, 5) is 13.2. The summed E-state index contributed by atoms with van der Waals surface area (Å²) in [5, 5.41) is 6.06. The average Bonchev–Trinajstić information content (AvgIpc) is 3.16. The highest BCUT2D eigenvalue weighted by molar-refractivity contribution is 14.0.